The van der Waals surface area contributed by atoms with E-state index in [9.17, 15) is 15.0 Å². The van der Waals surface area contributed by atoms with Crippen LogP contribution in [0.4, 0.5) is 0 Å². The first-order chi connectivity index (χ1) is 14.5. The molecule has 2 aromatic heterocycles. The summed E-state index contributed by atoms with van der Waals surface area (Å²) in [5.74, 6) is -0.473. The van der Waals surface area contributed by atoms with E-state index in [1.54, 1.807) is 31.5 Å². The van der Waals surface area contributed by atoms with Crippen molar-refractivity contribution in [2.45, 2.75) is 6.92 Å². The lowest BCUT2D eigenvalue weighted by Gasteiger charge is -2.10. The van der Waals surface area contributed by atoms with Crippen LogP contribution in [0.5, 0.6) is 11.5 Å². The van der Waals surface area contributed by atoms with Gasteiger partial charge in [0.15, 0.2) is 0 Å². The average molecular weight is 398 g/mol. The van der Waals surface area contributed by atoms with Crippen LogP contribution >= 0.6 is 0 Å². The fourth-order valence-electron chi connectivity index (χ4n) is 3.09. The van der Waals surface area contributed by atoms with Crippen LogP contribution < -0.4 is 5.43 Å². The maximum absolute atomic E-state index is 13.0. The molecule has 7 nitrogen and oxygen atoms in total. The first-order valence-corrected chi connectivity index (χ1v) is 9.20. The summed E-state index contributed by atoms with van der Waals surface area (Å²) in [6.45, 7) is 1.63. The van der Waals surface area contributed by atoms with Gasteiger partial charge in [0.05, 0.1) is 22.5 Å². The molecule has 0 aliphatic rings. The lowest BCUT2D eigenvalue weighted by molar-refractivity contribution is 0.0956. The fourth-order valence-corrected chi connectivity index (χ4v) is 3.09. The first kappa shape index (κ1) is 19.1. The van der Waals surface area contributed by atoms with Crippen LogP contribution in [-0.2, 0) is 0 Å². The molecule has 4 rings (SSSR count). The smallest absolute Gasteiger partial charge is 0.272 e. The van der Waals surface area contributed by atoms with Gasteiger partial charge in [0.25, 0.3) is 5.91 Å². The number of nitrogens with zero attached hydrogens (tertiary/aromatic N) is 3. The molecule has 0 spiro atoms. The Labute approximate surface area is 172 Å². The Bertz CT molecular complexity index is 1270. The number of amides is 1. The van der Waals surface area contributed by atoms with Gasteiger partial charge >= 0.3 is 0 Å². The van der Waals surface area contributed by atoms with Crippen molar-refractivity contribution in [2.24, 2.45) is 5.10 Å². The monoisotopic (exact) mass is 398 g/mol. The second kappa shape index (κ2) is 8.00. The van der Waals surface area contributed by atoms with Crippen molar-refractivity contribution in [3.63, 3.8) is 0 Å². The Balaban J connectivity index is 1.71. The molecule has 0 aliphatic heterocycles. The molecule has 0 aliphatic carbocycles. The number of benzene rings is 2. The largest absolute Gasteiger partial charge is 0.508 e. The van der Waals surface area contributed by atoms with Gasteiger partial charge in [-0.2, -0.15) is 5.10 Å². The number of phenolic OH excluding ortho intramolecular Hbond substituents is 2. The second-order valence-corrected chi connectivity index (χ2v) is 6.65. The summed E-state index contributed by atoms with van der Waals surface area (Å²) in [6, 6.07) is 16.8. The number of pyridine rings is 2. The summed E-state index contributed by atoms with van der Waals surface area (Å²) in [4.78, 5) is 21.7. The quantitative estimate of drug-likeness (QED) is 0.275. The number of nitrogens with one attached hydrogen (secondary N) is 1. The first-order valence-electron chi connectivity index (χ1n) is 9.20. The highest BCUT2D eigenvalue weighted by Gasteiger charge is 2.14. The van der Waals surface area contributed by atoms with Gasteiger partial charge in [0.2, 0.25) is 0 Å². The van der Waals surface area contributed by atoms with Gasteiger partial charge in [-0.25, -0.2) is 10.4 Å². The normalized spacial score (nSPS) is 11.4. The number of rotatable bonds is 4. The van der Waals surface area contributed by atoms with Crippen molar-refractivity contribution in [1.82, 2.24) is 15.4 Å². The predicted molar refractivity (Wildman–Crippen MR) is 114 cm³/mol. The number of hydrogen-bond donors (Lipinski definition) is 3. The van der Waals surface area contributed by atoms with Crippen molar-refractivity contribution in [3.8, 4) is 22.8 Å². The number of carbonyl (C=O) groups excluding carboxylic acids is 1. The lowest BCUT2D eigenvalue weighted by Crippen LogP contribution is -2.20. The number of hydrogen-bond acceptors (Lipinski definition) is 6. The molecule has 0 saturated heterocycles. The molecule has 2 aromatic carbocycles. The Morgan fingerprint density at radius 2 is 1.83 bits per heavy atom. The van der Waals surface area contributed by atoms with Gasteiger partial charge in [-0.3, -0.25) is 9.78 Å². The fraction of sp³-hybridized carbons (Fsp3) is 0.0435. The van der Waals surface area contributed by atoms with Crippen molar-refractivity contribution >= 4 is 22.5 Å². The van der Waals surface area contributed by atoms with Crippen LogP contribution in [-0.4, -0.2) is 31.8 Å². The van der Waals surface area contributed by atoms with Gasteiger partial charge in [0.1, 0.15) is 11.5 Å². The maximum atomic E-state index is 13.0. The molecule has 2 heterocycles. The lowest BCUT2D eigenvalue weighted by atomic mass is 10.0. The minimum absolute atomic E-state index is 0.00934. The van der Waals surface area contributed by atoms with Crippen LogP contribution in [0, 0.1) is 0 Å². The van der Waals surface area contributed by atoms with E-state index >= 15 is 0 Å². The van der Waals surface area contributed by atoms with Crippen molar-refractivity contribution in [2.75, 3.05) is 0 Å². The number of para-hydroxylation sites is 1. The van der Waals surface area contributed by atoms with Crippen molar-refractivity contribution in [1.29, 1.82) is 0 Å². The number of aromatic hydroxyl groups is 2. The molecular weight excluding hydrogens is 380 g/mol. The molecule has 0 bridgehead atoms. The highest BCUT2D eigenvalue weighted by molar-refractivity contribution is 6.08. The van der Waals surface area contributed by atoms with E-state index in [0.717, 1.165) is 5.56 Å². The number of aromatic nitrogens is 2. The second-order valence-electron chi connectivity index (χ2n) is 6.65. The van der Waals surface area contributed by atoms with E-state index in [1.165, 1.54) is 18.2 Å². The van der Waals surface area contributed by atoms with Gasteiger partial charge in [-0.1, -0.05) is 18.2 Å². The Morgan fingerprint density at radius 3 is 2.63 bits per heavy atom. The number of fused-ring (bicyclic) bond motifs is 1. The van der Waals surface area contributed by atoms with E-state index in [0.29, 0.717) is 33.4 Å². The third-order valence-corrected chi connectivity index (χ3v) is 4.61. The zero-order valence-electron chi connectivity index (χ0n) is 16.1. The highest BCUT2D eigenvalue weighted by atomic mass is 16.3. The molecule has 0 atom stereocenters. The van der Waals surface area contributed by atoms with E-state index in [-0.39, 0.29) is 11.5 Å². The maximum Gasteiger partial charge on any atom is 0.272 e. The summed E-state index contributed by atoms with van der Waals surface area (Å²) in [5, 5.41) is 24.4. The van der Waals surface area contributed by atoms with Crippen LogP contribution in [0.2, 0.25) is 0 Å². The summed E-state index contributed by atoms with van der Waals surface area (Å²) in [6.07, 6.45) is 3.36. The molecule has 0 radical (unpaired) electrons. The Hall–Kier alpha value is -4.26. The van der Waals surface area contributed by atoms with Gasteiger partial charge in [-0.05, 0) is 49.4 Å². The van der Waals surface area contributed by atoms with Crippen molar-refractivity contribution < 1.29 is 15.0 Å². The summed E-state index contributed by atoms with van der Waals surface area (Å²) >= 11 is 0. The SMILES string of the molecule is C/C(=N\NC(=O)c1cc(-c2cccnc2)nc2ccccc12)c1cc(O)ccc1O. The van der Waals surface area contributed by atoms with Crippen molar-refractivity contribution in [3.05, 3.63) is 84.2 Å². The summed E-state index contributed by atoms with van der Waals surface area (Å²) in [5.41, 5.74) is 5.71. The highest BCUT2D eigenvalue weighted by Crippen LogP contribution is 2.25. The third kappa shape index (κ3) is 3.81. The molecule has 148 valence electrons. The van der Waals surface area contributed by atoms with Gasteiger partial charge < -0.3 is 10.2 Å². The van der Waals surface area contributed by atoms with E-state index < -0.39 is 5.91 Å². The van der Waals surface area contributed by atoms with Crippen LogP contribution in [0.25, 0.3) is 22.2 Å². The number of hydrazone groups is 1. The van der Waals surface area contributed by atoms with Gasteiger partial charge in [-0.15, -0.1) is 0 Å². The van der Waals surface area contributed by atoms with E-state index in [1.807, 2.05) is 30.3 Å². The Kier molecular flexibility index (Phi) is 5.09. The zero-order valence-corrected chi connectivity index (χ0v) is 16.1. The molecule has 30 heavy (non-hydrogen) atoms. The third-order valence-electron chi connectivity index (χ3n) is 4.61. The average Bonchev–Trinajstić information content (AvgIpc) is 2.78. The molecule has 0 unspecified atom stereocenters. The topological polar surface area (TPSA) is 108 Å². The molecule has 0 fully saturated rings. The number of phenols is 2. The Morgan fingerprint density at radius 1 is 1.00 bits per heavy atom. The summed E-state index contributed by atoms with van der Waals surface area (Å²) < 4.78 is 0. The zero-order chi connectivity index (χ0) is 21.1. The predicted octanol–water partition coefficient (Wildman–Crippen LogP) is 3.86. The molecule has 3 N–H and O–H groups in total. The van der Waals surface area contributed by atoms with E-state index in [4.69, 9.17) is 0 Å². The van der Waals surface area contributed by atoms with Crippen LogP contribution in [0.3, 0.4) is 0 Å². The molecule has 1 amide bonds. The van der Waals surface area contributed by atoms with Crippen LogP contribution in [0.15, 0.2) is 78.2 Å². The minimum atomic E-state index is -0.419. The van der Waals surface area contributed by atoms with E-state index in [2.05, 4.69) is 20.5 Å². The minimum Gasteiger partial charge on any atom is -0.508 e. The standard InChI is InChI=1S/C23H18N4O3/c1-14(18-11-16(28)8-9-22(18)29)26-27-23(30)19-12-21(15-5-4-10-24-13-15)25-20-7-3-2-6-17(19)20/h2-13,28-29H,1H3,(H,27,30)/b26-14+. The summed E-state index contributed by atoms with van der Waals surface area (Å²) in [7, 11) is 0. The molecular formula is C23H18N4O3. The van der Waals surface area contributed by atoms with Crippen LogP contribution in [0.1, 0.15) is 22.8 Å². The number of carbonyl (C=O) groups is 1. The molecule has 4 aromatic rings. The molecule has 0 saturated carbocycles. The van der Waals surface area contributed by atoms with Gasteiger partial charge in [0, 0.05) is 28.9 Å². The molecule has 7 heteroatoms.